The highest BCUT2D eigenvalue weighted by Crippen LogP contribution is 2.21. The largest absolute Gasteiger partial charge is 0.301 e. The van der Waals surface area contributed by atoms with E-state index in [0.717, 1.165) is 34.5 Å². The van der Waals surface area contributed by atoms with Crippen molar-refractivity contribution in [2.24, 2.45) is 0 Å². The van der Waals surface area contributed by atoms with Gasteiger partial charge in [0.2, 0.25) is 0 Å². The second kappa shape index (κ2) is 5.53. The predicted octanol–water partition coefficient (Wildman–Crippen LogP) is 4.37. The van der Waals surface area contributed by atoms with Gasteiger partial charge in [0.05, 0.1) is 5.69 Å². The van der Waals surface area contributed by atoms with E-state index in [0.29, 0.717) is 0 Å². The van der Waals surface area contributed by atoms with Crippen molar-refractivity contribution >= 4 is 15.9 Å². The van der Waals surface area contributed by atoms with E-state index in [1.54, 1.807) is 0 Å². The Hall–Kier alpha value is -1.35. The van der Waals surface area contributed by atoms with Crippen molar-refractivity contribution < 1.29 is 0 Å². The van der Waals surface area contributed by atoms with Crippen LogP contribution >= 0.6 is 15.9 Å². The zero-order valence-corrected chi connectivity index (χ0v) is 12.4. The van der Waals surface area contributed by atoms with Gasteiger partial charge < -0.3 is 4.57 Å². The summed E-state index contributed by atoms with van der Waals surface area (Å²) in [6.45, 7) is 7.95. The number of imidazole rings is 1. The smallest absolute Gasteiger partial charge is 0.114 e. The molecule has 0 spiro atoms. The number of hydrogen-bond donors (Lipinski definition) is 0. The summed E-state index contributed by atoms with van der Waals surface area (Å²) < 4.78 is 3.31. The van der Waals surface area contributed by atoms with Gasteiger partial charge in [-0.3, -0.25) is 0 Å². The monoisotopic (exact) mass is 304 g/mol. The standard InChI is InChI=1S/C15H17BrN2/c1-4-5-9-15-17-11(2)12(3)18(15)14-8-6-7-13(16)10-14/h4,6-8,10H,1,5,9H2,2-3H3. The lowest BCUT2D eigenvalue weighted by Gasteiger charge is -2.10. The average molecular weight is 305 g/mol. The minimum absolute atomic E-state index is 0.921. The van der Waals surface area contributed by atoms with E-state index < -0.39 is 0 Å². The molecule has 0 fully saturated rings. The topological polar surface area (TPSA) is 17.8 Å². The number of allylic oxidation sites excluding steroid dienone is 1. The summed E-state index contributed by atoms with van der Waals surface area (Å²) in [7, 11) is 0. The third-order valence-electron chi connectivity index (χ3n) is 3.05. The summed E-state index contributed by atoms with van der Waals surface area (Å²) in [4.78, 5) is 4.65. The molecule has 0 aliphatic rings. The first kappa shape index (κ1) is 13.1. The van der Waals surface area contributed by atoms with Crippen molar-refractivity contribution in [3.05, 3.63) is 58.6 Å². The van der Waals surface area contributed by atoms with Crippen molar-refractivity contribution in [3.8, 4) is 5.69 Å². The van der Waals surface area contributed by atoms with Crippen LogP contribution in [0.5, 0.6) is 0 Å². The van der Waals surface area contributed by atoms with E-state index >= 15 is 0 Å². The first-order valence-electron chi connectivity index (χ1n) is 6.05. The highest BCUT2D eigenvalue weighted by atomic mass is 79.9. The molecule has 18 heavy (non-hydrogen) atoms. The lowest BCUT2D eigenvalue weighted by atomic mass is 10.2. The Morgan fingerprint density at radius 2 is 2.17 bits per heavy atom. The Balaban J connectivity index is 2.51. The molecule has 2 nitrogen and oxygen atoms in total. The lowest BCUT2D eigenvalue weighted by molar-refractivity contribution is 0.832. The molecule has 0 saturated heterocycles. The average Bonchev–Trinajstić information content (AvgIpc) is 2.62. The SMILES string of the molecule is C=CCCc1nc(C)c(C)n1-c1cccc(Br)c1. The van der Waals surface area contributed by atoms with Gasteiger partial charge in [0.25, 0.3) is 0 Å². The molecule has 1 heterocycles. The number of halogens is 1. The zero-order valence-electron chi connectivity index (χ0n) is 10.8. The van der Waals surface area contributed by atoms with E-state index in [9.17, 15) is 0 Å². The summed E-state index contributed by atoms with van der Waals surface area (Å²) in [5.41, 5.74) is 3.45. The van der Waals surface area contributed by atoms with Crippen LogP contribution in [0.3, 0.4) is 0 Å². The number of nitrogens with zero attached hydrogens (tertiary/aromatic N) is 2. The first-order valence-corrected chi connectivity index (χ1v) is 6.84. The minimum Gasteiger partial charge on any atom is -0.301 e. The van der Waals surface area contributed by atoms with Gasteiger partial charge in [-0.15, -0.1) is 6.58 Å². The highest BCUT2D eigenvalue weighted by molar-refractivity contribution is 9.10. The van der Waals surface area contributed by atoms with Crippen LogP contribution < -0.4 is 0 Å². The van der Waals surface area contributed by atoms with Crippen LogP contribution in [0.2, 0.25) is 0 Å². The van der Waals surface area contributed by atoms with Gasteiger partial charge >= 0.3 is 0 Å². The van der Waals surface area contributed by atoms with Gasteiger partial charge in [0.1, 0.15) is 5.82 Å². The summed E-state index contributed by atoms with van der Waals surface area (Å²) in [6, 6.07) is 8.30. The molecule has 0 radical (unpaired) electrons. The van der Waals surface area contributed by atoms with Crippen molar-refractivity contribution in [1.82, 2.24) is 9.55 Å². The summed E-state index contributed by atoms with van der Waals surface area (Å²) in [5, 5.41) is 0. The third-order valence-corrected chi connectivity index (χ3v) is 3.55. The Kier molecular flexibility index (Phi) is 4.02. The van der Waals surface area contributed by atoms with Gasteiger partial charge in [0, 0.05) is 22.3 Å². The Bertz CT molecular complexity index is 570. The quantitative estimate of drug-likeness (QED) is 0.767. The molecular formula is C15H17BrN2. The molecule has 94 valence electrons. The van der Waals surface area contributed by atoms with Crippen LogP contribution in [0.4, 0.5) is 0 Å². The van der Waals surface area contributed by atoms with Gasteiger partial charge in [0.15, 0.2) is 0 Å². The summed E-state index contributed by atoms with van der Waals surface area (Å²) >= 11 is 3.52. The van der Waals surface area contributed by atoms with Crippen molar-refractivity contribution in [1.29, 1.82) is 0 Å². The molecule has 0 amide bonds. The van der Waals surface area contributed by atoms with E-state index in [-0.39, 0.29) is 0 Å². The number of hydrogen-bond acceptors (Lipinski definition) is 1. The molecule has 2 rings (SSSR count). The first-order chi connectivity index (χ1) is 8.63. The van der Waals surface area contributed by atoms with Crippen molar-refractivity contribution in [3.63, 3.8) is 0 Å². The third kappa shape index (κ3) is 2.56. The van der Waals surface area contributed by atoms with Crippen molar-refractivity contribution in [2.45, 2.75) is 26.7 Å². The fourth-order valence-corrected chi connectivity index (χ4v) is 2.42. The second-order valence-corrected chi connectivity index (χ2v) is 5.26. The molecule has 0 aliphatic carbocycles. The molecule has 0 unspecified atom stereocenters. The zero-order chi connectivity index (χ0) is 13.1. The molecule has 0 bridgehead atoms. The van der Waals surface area contributed by atoms with Gasteiger partial charge in [-0.1, -0.05) is 28.1 Å². The maximum Gasteiger partial charge on any atom is 0.114 e. The molecule has 1 aromatic carbocycles. The van der Waals surface area contributed by atoms with Crippen LogP contribution in [-0.2, 0) is 6.42 Å². The molecular weight excluding hydrogens is 288 g/mol. The maximum absolute atomic E-state index is 4.65. The minimum atomic E-state index is 0.921. The van der Waals surface area contributed by atoms with Crippen LogP contribution in [0.25, 0.3) is 5.69 Å². The number of benzene rings is 1. The Morgan fingerprint density at radius 3 is 2.83 bits per heavy atom. The molecule has 0 N–H and O–H groups in total. The molecule has 0 saturated carbocycles. The summed E-state index contributed by atoms with van der Waals surface area (Å²) in [6.07, 6.45) is 3.80. The van der Waals surface area contributed by atoms with Gasteiger partial charge in [-0.2, -0.15) is 0 Å². The van der Waals surface area contributed by atoms with E-state index in [1.165, 1.54) is 5.69 Å². The highest BCUT2D eigenvalue weighted by Gasteiger charge is 2.12. The molecule has 3 heteroatoms. The normalized spacial score (nSPS) is 10.6. The molecule has 1 aromatic heterocycles. The van der Waals surface area contributed by atoms with Crippen LogP contribution in [0, 0.1) is 13.8 Å². The fourth-order valence-electron chi connectivity index (χ4n) is 2.04. The molecule has 0 aliphatic heterocycles. The van der Waals surface area contributed by atoms with Gasteiger partial charge in [-0.05, 0) is 38.5 Å². The molecule has 0 atom stereocenters. The van der Waals surface area contributed by atoms with Crippen LogP contribution in [0.1, 0.15) is 23.6 Å². The number of rotatable bonds is 4. The Labute approximate surface area is 116 Å². The van der Waals surface area contributed by atoms with E-state index in [1.807, 2.05) is 18.2 Å². The second-order valence-electron chi connectivity index (χ2n) is 4.34. The maximum atomic E-state index is 4.65. The van der Waals surface area contributed by atoms with E-state index in [2.05, 4.69) is 58.0 Å². The van der Waals surface area contributed by atoms with Crippen molar-refractivity contribution in [2.75, 3.05) is 0 Å². The van der Waals surface area contributed by atoms with Gasteiger partial charge in [-0.25, -0.2) is 4.98 Å². The Morgan fingerprint density at radius 1 is 1.39 bits per heavy atom. The van der Waals surface area contributed by atoms with Crippen LogP contribution in [0.15, 0.2) is 41.4 Å². The number of aromatic nitrogens is 2. The van der Waals surface area contributed by atoms with Crippen LogP contribution in [-0.4, -0.2) is 9.55 Å². The fraction of sp³-hybridized carbons (Fsp3) is 0.267. The lowest BCUT2D eigenvalue weighted by Crippen LogP contribution is -2.03. The molecule has 2 aromatic rings. The predicted molar refractivity (Wildman–Crippen MR) is 79.3 cm³/mol. The van der Waals surface area contributed by atoms with E-state index in [4.69, 9.17) is 0 Å². The number of aryl methyl sites for hydroxylation is 2. The summed E-state index contributed by atoms with van der Waals surface area (Å²) in [5.74, 6) is 1.10.